The summed E-state index contributed by atoms with van der Waals surface area (Å²) >= 11 is 0. The topological polar surface area (TPSA) is 90.4 Å². The van der Waals surface area contributed by atoms with Crippen LogP contribution in [0.1, 0.15) is 36.5 Å². The summed E-state index contributed by atoms with van der Waals surface area (Å²) in [5.74, 6) is -2.43. The Hall–Kier alpha value is -3.75. The Morgan fingerprint density at radius 2 is 1.79 bits per heavy atom. The number of fused-ring (bicyclic) bond motifs is 1. The van der Waals surface area contributed by atoms with Crippen molar-refractivity contribution in [3.05, 3.63) is 90.5 Å². The van der Waals surface area contributed by atoms with Crippen LogP contribution in [0.3, 0.4) is 0 Å². The number of aliphatic hydroxyl groups is 1. The highest BCUT2D eigenvalue weighted by molar-refractivity contribution is 6.05. The number of likely N-dealkylation sites (tertiary alicyclic amines) is 1. The Morgan fingerprint density at radius 3 is 2.44 bits per heavy atom. The zero-order valence-electron chi connectivity index (χ0n) is 25.7. The first-order valence-electron chi connectivity index (χ1n) is 15.1. The fourth-order valence-corrected chi connectivity index (χ4v) is 7.66. The minimum Gasteiger partial charge on any atom is -0.394 e. The van der Waals surface area contributed by atoms with E-state index in [0.717, 1.165) is 22.4 Å². The number of anilines is 1. The molecule has 3 heterocycles. The van der Waals surface area contributed by atoms with E-state index in [0.29, 0.717) is 25.8 Å². The van der Waals surface area contributed by atoms with Gasteiger partial charge in [-0.05, 0) is 62.8 Å². The number of rotatable bonds is 11. The number of ether oxygens (including phenoxy) is 1. The first kappa shape index (κ1) is 30.7. The summed E-state index contributed by atoms with van der Waals surface area (Å²) in [5.41, 5.74) is 1.47. The van der Waals surface area contributed by atoms with Gasteiger partial charge in [0.1, 0.15) is 11.6 Å². The molecule has 0 saturated carbocycles. The van der Waals surface area contributed by atoms with Gasteiger partial charge in [0.2, 0.25) is 11.8 Å². The van der Waals surface area contributed by atoms with Gasteiger partial charge in [-0.15, -0.1) is 13.2 Å². The number of carbonyl (C=O) groups is 3. The van der Waals surface area contributed by atoms with Gasteiger partial charge < -0.3 is 24.5 Å². The lowest BCUT2D eigenvalue weighted by Gasteiger charge is -2.40. The van der Waals surface area contributed by atoms with Gasteiger partial charge in [-0.2, -0.15) is 0 Å². The van der Waals surface area contributed by atoms with E-state index < -0.39 is 35.1 Å². The molecule has 0 radical (unpaired) electrons. The van der Waals surface area contributed by atoms with E-state index in [-0.39, 0.29) is 30.9 Å². The molecule has 1 N–H and O–H groups in total. The Bertz CT molecular complexity index is 1430. The second kappa shape index (κ2) is 11.7. The molecule has 3 amide bonds. The van der Waals surface area contributed by atoms with Crippen LogP contribution in [0.4, 0.5) is 5.69 Å². The molecule has 3 fully saturated rings. The van der Waals surface area contributed by atoms with Gasteiger partial charge in [-0.1, -0.05) is 54.6 Å². The van der Waals surface area contributed by atoms with E-state index in [1.165, 1.54) is 0 Å². The maximum atomic E-state index is 15.0. The van der Waals surface area contributed by atoms with E-state index in [4.69, 9.17) is 4.74 Å². The number of benzene rings is 2. The highest BCUT2D eigenvalue weighted by atomic mass is 16.5. The van der Waals surface area contributed by atoms with Crippen molar-refractivity contribution < 1.29 is 24.2 Å². The first-order chi connectivity index (χ1) is 20.5. The highest BCUT2D eigenvalue weighted by Gasteiger charge is 2.78. The third kappa shape index (κ3) is 5.00. The second-order valence-corrected chi connectivity index (χ2v) is 12.5. The number of amides is 3. The van der Waals surface area contributed by atoms with Crippen molar-refractivity contribution in [3.63, 3.8) is 0 Å². The van der Waals surface area contributed by atoms with Gasteiger partial charge in [-0.25, -0.2) is 0 Å². The molecule has 2 aromatic rings. The maximum absolute atomic E-state index is 15.0. The highest BCUT2D eigenvalue weighted by Crippen LogP contribution is 2.64. The second-order valence-electron chi connectivity index (χ2n) is 12.5. The molecule has 228 valence electrons. The lowest BCUT2D eigenvalue weighted by Crippen LogP contribution is -2.59. The van der Waals surface area contributed by atoms with Gasteiger partial charge >= 0.3 is 0 Å². The fourth-order valence-electron chi connectivity index (χ4n) is 7.66. The molecular formula is C35H43N3O5. The minimum atomic E-state index is -1.21. The molecular weight excluding hydrogens is 542 g/mol. The van der Waals surface area contributed by atoms with Crippen molar-refractivity contribution in [2.24, 2.45) is 11.8 Å². The molecule has 3 aliphatic rings. The molecule has 3 saturated heterocycles. The minimum absolute atomic E-state index is 0.198. The Balaban J connectivity index is 1.65. The number of aliphatic hydroxyl groups excluding tert-OH is 1. The molecule has 1 spiro atoms. The van der Waals surface area contributed by atoms with Crippen molar-refractivity contribution in [1.29, 1.82) is 0 Å². The summed E-state index contributed by atoms with van der Waals surface area (Å²) in [7, 11) is 1.70. The van der Waals surface area contributed by atoms with E-state index in [2.05, 4.69) is 13.2 Å². The van der Waals surface area contributed by atoms with Crippen molar-refractivity contribution in [3.8, 4) is 0 Å². The molecule has 2 aromatic carbocycles. The van der Waals surface area contributed by atoms with Gasteiger partial charge in [0.05, 0.1) is 30.1 Å². The molecule has 2 bridgehead atoms. The van der Waals surface area contributed by atoms with Crippen LogP contribution in [0, 0.1) is 25.7 Å². The lowest BCUT2D eigenvalue weighted by atomic mass is 9.66. The average molecular weight is 586 g/mol. The number of nitrogens with zero attached hydrogens (tertiary/aromatic N) is 3. The third-order valence-electron chi connectivity index (χ3n) is 9.65. The quantitative estimate of drug-likeness (QED) is 0.405. The molecule has 2 unspecified atom stereocenters. The predicted octanol–water partition coefficient (Wildman–Crippen LogP) is 3.84. The zero-order valence-corrected chi connectivity index (χ0v) is 25.7. The van der Waals surface area contributed by atoms with Gasteiger partial charge in [0.15, 0.2) is 0 Å². The van der Waals surface area contributed by atoms with Crippen LogP contribution in [0.5, 0.6) is 0 Å². The Kier molecular flexibility index (Phi) is 8.38. The number of aryl methyl sites for hydroxylation is 2. The van der Waals surface area contributed by atoms with Gasteiger partial charge in [0, 0.05) is 25.8 Å². The van der Waals surface area contributed by atoms with Crippen LogP contribution in [0.25, 0.3) is 0 Å². The number of likely N-dealkylation sites (N-methyl/N-ethyl adjacent to an activating group) is 1. The fraction of sp³-hybridized carbons (Fsp3) is 0.457. The number of hydrogen-bond acceptors (Lipinski definition) is 5. The van der Waals surface area contributed by atoms with Crippen molar-refractivity contribution >= 4 is 23.4 Å². The van der Waals surface area contributed by atoms with E-state index in [9.17, 15) is 19.5 Å². The first-order valence-corrected chi connectivity index (χ1v) is 15.1. The lowest BCUT2D eigenvalue weighted by molar-refractivity contribution is -0.151. The van der Waals surface area contributed by atoms with Crippen LogP contribution in [-0.4, -0.2) is 82.7 Å². The molecule has 0 aromatic heterocycles. The normalized spacial score (nSPS) is 28.0. The average Bonchev–Trinajstić information content (AvgIpc) is 3.56. The van der Waals surface area contributed by atoms with Crippen LogP contribution >= 0.6 is 0 Å². The summed E-state index contributed by atoms with van der Waals surface area (Å²) in [6.07, 6.45) is 4.68. The summed E-state index contributed by atoms with van der Waals surface area (Å²) in [6.45, 7) is 13.7. The molecule has 43 heavy (non-hydrogen) atoms. The molecule has 3 aliphatic heterocycles. The van der Waals surface area contributed by atoms with Crippen molar-refractivity contribution in [2.75, 3.05) is 31.6 Å². The van der Waals surface area contributed by atoms with E-state index in [1.54, 1.807) is 33.9 Å². The summed E-state index contributed by atoms with van der Waals surface area (Å²) in [4.78, 5) is 48.4. The molecule has 8 nitrogen and oxygen atoms in total. The summed E-state index contributed by atoms with van der Waals surface area (Å²) < 4.78 is 6.84. The van der Waals surface area contributed by atoms with E-state index >= 15 is 0 Å². The van der Waals surface area contributed by atoms with Gasteiger partial charge in [-0.3, -0.25) is 14.4 Å². The number of carbonyl (C=O) groups excluding carboxylic acids is 3. The Morgan fingerprint density at radius 1 is 1.09 bits per heavy atom. The standard InChI is InChI=1S/C35H43N3O5/c1-7-18-36(6)31(40)28-29-32(41)38(26(22-39)21-25-12-10-9-11-13-25)30(35(29)17-16-34(28,5)43-35)33(42)37(19-8-2)27-20-23(3)14-15-24(27)4/h7-15,20,26,28-30,39H,1-2,16-19,21-22H2,3-6H3/t26-,28-,29+,30?,34+,35?/m1/s1. The smallest absolute Gasteiger partial charge is 0.253 e. The van der Waals surface area contributed by atoms with Gasteiger partial charge in [0.25, 0.3) is 5.91 Å². The predicted molar refractivity (Wildman–Crippen MR) is 166 cm³/mol. The zero-order chi connectivity index (χ0) is 31.1. The molecule has 8 heteroatoms. The SMILES string of the molecule is C=CCN(C)C(=O)[C@H]1[C@H]2C(=O)N([C@@H](CO)Cc3ccccc3)C(C(=O)N(CC=C)c3cc(C)ccc3C)C23CC[C@]1(C)O3. The monoisotopic (exact) mass is 585 g/mol. The maximum Gasteiger partial charge on any atom is 0.253 e. The molecule has 0 aliphatic carbocycles. The van der Waals surface area contributed by atoms with E-state index in [1.807, 2.05) is 69.3 Å². The number of hydrogen-bond donors (Lipinski definition) is 1. The third-order valence-corrected chi connectivity index (χ3v) is 9.65. The molecule has 5 rings (SSSR count). The molecule has 6 atom stereocenters. The summed E-state index contributed by atoms with van der Waals surface area (Å²) in [6, 6.07) is 13.8. The van der Waals surface area contributed by atoms with Crippen LogP contribution in [0.2, 0.25) is 0 Å². The Labute approximate surface area is 254 Å². The van der Waals surface area contributed by atoms with Crippen LogP contribution in [0.15, 0.2) is 73.8 Å². The largest absolute Gasteiger partial charge is 0.394 e. The summed E-state index contributed by atoms with van der Waals surface area (Å²) in [5, 5.41) is 10.8. The van der Waals surface area contributed by atoms with Crippen molar-refractivity contribution in [1.82, 2.24) is 9.80 Å². The van der Waals surface area contributed by atoms with Crippen molar-refractivity contribution in [2.45, 2.75) is 63.3 Å². The van der Waals surface area contributed by atoms with Crippen LogP contribution < -0.4 is 4.90 Å². The van der Waals surface area contributed by atoms with Crippen LogP contribution in [-0.2, 0) is 25.5 Å².